The first-order valence-corrected chi connectivity index (χ1v) is 4.77. The lowest BCUT2D eigenvalue weighted by Gasteiger charge is -2.07. The monoisotopic (exact) mass is 203 g/mol. The number of aromatic amines is 1. The normalized spacial score (nSPS) is 12.7. The molecule has 4 N–H and O–H groups in total. The van der Waals surface area contributed by atoms with Crippen LogP contribution in [0.15, 0.2) is 30.5 Å². The molecule has 4 heteroatoms. The van der Waals surface area contributed by atoms with Crippen LogP contribution in [0.2, 0.25) is 0 Å². The molecule has 0 aliphatic carbocycles. The van der Waals surface area contributed by atoms with E-state index >= 15 is 0 Å². The van der Waals surface area contributed by atoms with Crippen molar-refractivity contribution >= 4 is 0 Å². The maximum absolute atomic E-state index is 9.71. The first kappa shape index (κ1) is 9.73. The molecule has 1 atom stereocenters. The van der Waals surface area contributed by atoms with Crippen molar-refractivity contribution in [2.24, 2.45) is 5.73 Å². The molecule has 1 aromatic carbocycles. The third-order valence-corrected chi connectivity index (χ3v) is 2.32. The van der Waals surface area contributed by atoms with E-state index in [4.69, 9.17) is 5.73 Å². The van der Waals surface area contributed by atoms with E-state index in [2.05, 4.69) is 10.2 Å². The highest BCUT2D eigenvalue weighted by atomic mass is 16.3. The van der Waals surface area contributed by atoms with Gasteiger partial charge in [-0.3, -0.25) is 5.10 Å². The number of nitrogens with two attached hydrogens (primary N) is 1. The van der Waals surface area contributed by atoms with E-state index in [-0.39, 0.29) is 11.8 Å². The average Bonchev–Trinajstić information content (AvgIpc) is 2.67. The molecule has 78 valence electrons. The Kier molecular flexibility index (Phi) is 2.43. The molecule has 15 heavy (non-hydrogen) atoms. The van der Waals surface area contributed by atoms with Crippen molar-refractivity contribution in [2.45, 2.75) is 13.0 Å². The summed E-state index contributed by atoms with van der Waals surface area (Å²) in [4.78, 5) is 0. The number of nitrogens with zero attached hydrogens (tertiary/aromatic N) is 1. The van der Waals surface area contributed by atoms with E-state index in [1.165, 1.54) is 0 Å². The molecule has 0 aliphatic rings. The number of aromatic nitrogens is 2. The van der Waals surface area contributed by atoms with Crippen LogP contribution in [0.25, 0.3) is 11.1 Å². The van der Waals surface area contributed by atoms with Crippen molar-refractivity contribution in [3.8, 4) is 16.9 Å². The topological polar surface area (TPSA) is 74.9 Å². The number of aromatic hydroxyl groups is 1. The minimum Gasteiger partial charge on any atom is -0.507 e. The van der Waals surface area contributed by atoms with Crippen molar-refractivity contribution in [3.63, 3.8) is 0 Å². The number of phenols is 1. The molecule has 1 heterocycles. The Morgan fingerprint density at radius 1 is 1.33 bits per heavy atom. The van der Waals surface area contributed by atoms with Gasteiger partial charge in [-0.15, -0.1) is 0 Å². The van der Waals surface area contributed by atoms with Gasteiger partial charge in [-0.1, -0.05) is 18.2 Å². The third kappa shape index (κ3) is 1.71. The highest BCUT2D eigenvalue weighted by Gasteiger charge is 2.13. The lowest BCUT2D eigenvalue weighted by Crippen LogP contribution is -2.06. The Morgan fingerprint density at radius 3 is 2.73 bits per heavy atom. The predicted molar refractivity (Wildman–Crippen MR) is 58.3 cm³/mol. The summed E-state index contributed by atoms with van der Waals surface area (Å²) in [6, 6.07) is 7.00. The fourth-order valence-corrected chi connectivity index (χ4v) is 1.56. The standard InChI is InChI=1S/C11H13N3O/c1-7(12)11-9(6-13-14-11)8-4-2-3-5-10(8)15/h2-7,15H,12H2,1H3,(H,13,14). The Hall–Kier alpha value is -1.81. The second kappa shape index (κ2) is 3.74. The summed E-state index contributed by atoms with van der Waals surface area (Å²) in [6.45, 7) is 1.87. The van der Waals surface area contributed by atoms with E-state index in [1.54, 1.807) is 18.3 Å². The molecule has 0 saturated carbocycles. The minimum absolute atomic E-state index is 0.137. The SMILES string of the molecule is CC(N)c1[nH]ncc1-c1ccccc1O. The van der Waals surface area contributed by atoms with E-state index in [0.29, 0.717) is 0 Å². The number of phenolic OH excluding ortho intramolecular Hbond substituents is 1. The van der Waals surface area contributed by atoms with Crippen LogP contribution < -0.4 is 5.73 Å². The van der Waals surface area contributed by atoms with Crippen molar-refractivity contribution in [1.29, 1.82) is 0 Å². The first-order chi connectivity index (χ1) is 7.20. The van der Waals surface area contributed by atoms with E-state index < -0.39 is 0 Å². The van der Waals surface area contributed by atoms with Crippen LogP contribution >= 0.6 is 0 Å². The van der Waals surface area contributed by atoms with Crippen LogP contribution in [0.5, 0.6) is 5.75 Å². The molecule has 0 radical (unpaired) electrons. The maximum atomic E-state index is 9.71. The number of rotatable bonds is 2. The number of nitrogens with one attached hydrogen (secondary N) is 1. The van der Waals surface area contributed by atoms with Crippen molar-refractivity contribution in [2.75, 3.05) is 0 Å². The second-order valence-corrected chi connectivity index (χ2v) is 3.50. The largest absolute Gasteiger partial charge is 0.507 e. The molecule has 0 aliphatic heterocycles. The zero-order valence-corrected chi connectivity index (χ0v) is 8.44. The van der Waals surface area contributed by atoms with Gasteiger partial charge in [0.15, 0.2) is 0 Å². The molecular formula is C11H13N3O. The highest BCUT2D eigenvalue weighted by Crippen LogP contribution is 2.31. The second-order valence-electron chi connectivity index (χ2n) is 3.50. The number of H-pyrrole nitrogens is 1. The Bertz CT molecular complexity index is 462. The molecule has 1 unspecified atom stereocenters. The molecule has 0 spiro atoms. The molecule has 0 fully saturated rings. The van der Waals surface area contributed by atoms with E-state index in [9.17, 15) is 5.11 Å². The number of hydrogen-bond donors (Lipinski definition) is 3. The van der Waals surface area contributed by atoms with Crippen molar-refractivity contribution in [3.05, 3.63) is 36.2 Å². The van der Waals surface area contributed by atoms with Crippen LogP contribution in [0.4, 0.5) is 0 Å². The van der Waals surface area contributed by atoms with Crippen LogP contribution in [0, 0.1) is 0 Å². The number of hydrogen-bond acceptors (Lipinski definition) is 3. The Morgan fingerprint density at radius 2 is 2.07 bits per heavy atom. The van der Waals surface area contributed by atoms with Gasteiger partial charge >= 0.3 is 0 Å². The van der Waals surface area contributed by atoms with Gasteiger partial charge in [0, 0.05) is 17.2 Å². The summed E-state index contributed by atoms with van der Waals surface area (Å²) in [5, 5.41) is 16.5. The summed E-state index contributed by atoms with van der Waals surface area (Å²) >= 11 is 0. The number of para-hydroxylation sites is 1. The van der Waals surface area contributed by atoms with Crippen molar-refractivity contribution < 1.29 is 5.11 Å². The van der Waals surface area contributed by atoms with Crippen LogP contribution in [0.1, 0.15) is 18.7 Å². The summed E-state index contributed by atoms with van der Waals surface area (Å²) in [5.41, 5.74) is 8.22. The maximum Gasteiger partial charge on any atom is 0.123 e. The smallest absolute Gasteiger partial charge is 0.123 e. The predicted octanol–water partition coefficient (Wildman–Crippen LogP) is 1.80. The van der Waals surface area contributed by atoms with E-state index in [1.807, 2.05) is 19.1 Å². The Balaban J connectivity index is 2.55. The lowest BCUT2D eigenvalue weighted by molar-refractivity contribution is 0.477. The fourth-order valence-electron chi connectivity index (χ4n) is 1.56. The summed E-state index contributed by atoms with van der Waals surface area (Å²) in [7, 11) is 0. The van der Waals surface area contributed by atoms with Gasteiger partial charge in [0.05, 0.1) is 11.9 Å². The summed E-state index contributed by atoms with van der Waals surface area (Å²) in [6.07, 6.45) is 1.67. The fraction of sp³-hybridized carbons (Fsp3) is 0.182. The number of benzene rings is 1. The minimum atomic E-state index is -0.137. The summed E-state index contributed by atoms with van der Waals surface area (Å²) < 4.78 is 0. The molecule has 2 aromatic rings. The quantitative estimate of drug-likeness (QED) is 0.696. The zero-order chi connectivity index (χ0) is 10.8. The molecule has 2 rings (SSSR count). The molecule has 0 saturated heterocycles. The first-order valence-electron chi connectivity index (χ1n) is 4.77. The van der Waals surface area contributed by atoms with Crippen LogP contribution in [0.3, 0.4) is 0 Å². The van der Waals surface area contributed by atoms with Gasteiger partial charge in [-0.05, 0) is 13.0 Å². The lowest BCUT2D eigenvalue weighted by atomic mass is 10.0. The van der Waals surface area contributed by atoms with Gasteiger partial charge < -0.3 is 10.8 Å². The Labute approximate surface area is 87.7 Å². The molecular weight excluding hydrogens is 190 g/mol. The molecule has 4 nitrogen and oxygen atoms in total. The molecule has 0 amide bonds. The molecule has 1 aromatic heterocycles. The zero-order valence-electron chi connectivity index (χ0n) is 8.44. The van der Waals surface area contributed by atoms with Crippen LogP contribution in [-0.2, 0) is 0 Å². The summed E-state index contributed by atoms with van der Waals surface area (Å²) in [5.74, 6) is 0.237. The van der Waals surface area contributed by atoms with Gasteiger partial charge in [0.1, 0.15) is 5.75 Å². The average molecular weight is 203 g/mol. The molecule has 0 bridgehead atoms. The third-order valence-electron chi connectivity index (χ3n) is 2.32. The highest BCUT2D eigenvalue weighted by molar-refractivity contribution is 5.71. The van der Waals surface area contributed by atoms with Gasteiger partial charge in [0.2, 0.25) is 0 Å². The van der Waals surface area contributed by atoms with Crippen LogP contribution in [-0.4, -0.2) is 15.3 Å². The van der Waals surface area contributed by atoms with Crippen molar-refractivity contribution in [1.82, 2.24) is 10.2 Å². The van der Waals surface area contributed by atoms with Gasteiger partial charge in [-0.2, -0.15) is 5.10 Å². The van der Waals surface area contributed by atoms with E-state index in [0.717, 1.165) is 16.8 Å². The van der Waals surface area contributed by atoms with Gasteiger partial charge in [-0.25, -0.2) is 0 Å². The van der Waals surface area contributed by atoms with Gasteiger partial charge in [0.25, 0.3) is 0 Å².